The highest BCUT2D eigenvalue weighted by molar-refractivity contribution is 5.69. The summed E-state index contributed by atoms with van der Waals surface area (Å²) in [5, 5.41) is 8.69. The molecule has 0 aromatic carbocycles. The molecule has 0 aromatic heterocycles. The number of likely N-dealkylation sites (N-methyl/N-ethyl adjacent to an activating group) is 1. The van der Waals surface area contributed by atoms with E-state index in [1.807, 2.05) is 4.90 Å². The van der Waals surface area contributed by atoms with Gasteiger partial charge >= 0.3 is 5.97 Å². The fourth-order valence-electron chi connectivity index (χ4n) is 2.11. The number of carboxylic acids is 1. The van der Waals surface area contributed by atoms with Gasteiger partial charge in [-0.05, 0) is 0 Å². The number of aliphatic carboxylic acids is 1. The number of rotatable bonds is 4. The topological polar surface area (TPSA) is 66.6 Å². The third-order valence-electron chi connectivity index (χ3n) is 2.74. The van der Waals surface area contributed by atoms with Gasteiger partial charge in [0.2, 0.25) is 0 Å². The van der Waals surface area contributed by atoms with Crippen molar-refractivity contribution < 1.29 is 14.4 Å². The van der Waals surface area contributed by atoms with E-state index in [1.165, 1.54) is 0 Å². The van der Waals surface area contributed by atoms with Gasteiger partial charge in [-0.2, -0.15) is 0 Å². The van der Waals surface area contributed by atoms with E-state index in [0.29, 0.717) is 6.54 Å². The number of quaternary nitrogens is 1. The van der Waals surface area contributed by atoms with E-state index in [4.69, 9.17) is 10.8 Å². The number of carboxylic acid groups (broad SMARTS) is 1. The molecular formula is C9H20N3O2+. The standard InChI is InChI=1S/C9H19N3O2/c1-12(6-3-10)5-2-4-11(8-12)7-9(13)14/h2-8,10H2,1H3/p+1. The van der Waals surface area contributed by atoms with E-state index in [9.17, 15) is 4.79 Å². The average Bonchev–Trinajstić information content (AvgIpc) is 2.02. The van der Waals surface area contributed by atoms with E-state index in [1.54, 1.807) is 0 Å². The summed E-state index contributed by atoms with van der Waals surface area (Å²) < 4.78 is 0.879. The Balaban J connectivity index is 2.46. The van der Waals surface area contributed by atoms with Gasteiger partial charge in [-0.15, -0.1) is 0 Å². The summed E-state index contributed by atoms with van der Waals surface area (Å²) in [6.45, 7) is 4.55. The Morgan fingerprint density at radius 2 is 2.36 bits per heavy atom. The molecule has 1 unspecified atom stereocenters. The first kappa shape index (κ1) is 11.4. The summed E-state index contributed by atoms with van der Waals surface area (Å²) in [6, 6.07) is 0. The minimum absolute atomic E-state index is 0.151. The van der Waals surface area contributed by atoms with Crippen molar-refractivity contribution >= 4 is 5.97 Å². The fraction of sp³-hybridized carbons (Fsp3) is 0.889. The van der Waals surface area contributed by atoms with Gasteiger partial charge in [0.1, 0.15) is 13.2 Å². The minimum Gasteiger partial charge on any atom is -0.480 e. The van der Waals surface area contributed by atoms with Gasteiger partial charge < -0.3 is 15.3 Å². The molecule has 0 aliphatic carbocycles. The summed E-state index contributed by atoms with van der Waals surface area (Å²) in [6.07, 6.45) is 1.06. The molecule has 14 heavy (non-hydrogen) atoms. The van der Waals surface area contributed by atoms with Crippen LogP contribution in [-0.2, 0) is 4.79 Å². The third kappa shape index (κ3) is 3.25. The maximum atomic E-state index is 10.6. The summed E-state index contributed by atoms with van der Waals surface area (Å²) >= 11 is 0. The number of hydrogen-bond acceptors (Lipinski definition) is 3. The summed E-state index contributed by atoms with van der Waals surface area (Å²) in [5.74, 6) is -0.744. The van der Waals surface area contributed by atoms with Crippen LogP contribution in [0.1, 0.15) is 6.42 Å². The predicted molar refractivity (Wildman–Crippen MR) is 53.7 cm³/mol. The number of nitrogens with two attached hydrogens (primary N) is 1. The Kier molecular flexibility index (Phi) is 3.86. The molecule has 1 aliphatic heterocycles. The molecule has 1 heterocycles. The Labute approximate surface area is 84.7 Å². The van der Waals surface area contributed by atoms with Gasteiger partial charge in [-0.25, -0.2) is 4.90 Å². The maximum Gasteiger partial charge on any atom is 0.317 e. The Morgan fingerprint density at radius 1 is 1.64 bits per heavy atom. The molecule has 5 heteroatoms. The second-order valence-corrected chi connectivity index (χ2v) is 4.30. The monoisotopic (exact) mass is 202 g/mol. The molecule has 1 rings (SSSR count). The first-order valence-corrected chi connectivity index (χ1v) is 5.03. The van der Waals surface area contributed by atoms with Crippen LogP contribution in [0, 0.1) is 0 Å². The van der Waals surface area contributed by atoms with Crippen LogP contribution in [-0.4, -0.2) is 66.9 Å². The molecule has 0 saturated carbocycles. The van der Waals surface area contributed by atoms with Gasteiger partial charge in [-0.3, -0.25) is 4.79 Å². The van der Waals surface area contributed by atoms with Crippen LogP contribution < -0.4 is 5.73 Å². The molecule has 0 spiro atoms. The van der Waals surface area contributed by atoms with Crippen molar-refractivity contribution in [2.45, 2.75) is 6.42 Å². The van der Waals surface area contributed by atoms with Crippen molar-refractivity contribution in [1.29, 1.82) is 0 Å². The minimum atomic E-state index is -0.744. The second-order valence-electron chi connectivity index (χ2n) is 4.30. The zero-order valence-corrected chi connectivity index (χ0v) is 8.78. The summed E-state index contributed by atoms with van der Waals surface area (Å²) in [5.41, 5.74) is 5.54. The Hall–Kier alpha value is -0.650. The van der Waals surface area contributed by atoms with Crippen LogP contribution in [0.15, 0.2) is 0 Å². The van der Waals surface area contributed by atoms with Crippen LogP contribution in [0.2, 0.25) is 0 Å². The highest BCUT2D eigenvalue weighted by Gasteiger charge is 2.29. The number of nitrogens with zero attached hydrogens (tertiary/aromatic N) is 2. The highest BCUT2D eigenvalue weighted by atomic mass is 16.4. The molecule has 0 aromatic rings. The van der Waals surface area contributed by atoms with Crippen molar-refractivity contribution in [3.8, 4) is 0 Å². The van der Waals surface area contributed by atoms with E-state index in [-0.39, 0.29) is 6.54 Å². The lowest BCUT2D eigenvalue weighted by Gasteiger charge is -2.42. The first-order chi connectivity index (χ1) is 6.56. The van der Waals surface area contributed by atoms with Crippen LogP contribution in [0.3, 0.4) is 0 Å². The zero-order chi connectivity index (χ0) is 10.6. The number of carbonyl (C=O) groups is 1. The third-order valence-corrected chi connectivity index (χ3v) is 2.74. The fourth-order valence-corrected chi connectivity index (χ4v) is 2.11. The van der Waals surface area contributed by atoms with Gasteiger partial charge in [-0.1, -0.05) is 0 Å². The van der Waals surface area contributed by atoms with E-state index in [2.05, 4.69) is 7.05 Å². The molecule has 1 atom stereocenters. The van der Waals surface area contributed by atoms with Crippen molar-refractivity contribution in [3.63, 3.8) is 0 Å². The van der Waals surface area contributed by atoms with Crippen molar-refractivity contribution in [3.05, 3.63) is 0 Å². The van der Waals surface area contributed by atoms with Crippen LogP contribution in [0.4, 0.5) is 0 Å². The predicted octanol–water partition coefficient (Wildman–Crippen LogP) is -0.860. The van der Waals surface area contributed by atoms with E-state index in [0.717, 1.165) is 37.2 Å². The van der Waals surface area contributed by atoms with Crippen LogP contribution in [0.25, 0.3) is 0 Å². The first-order valence-electron chi connectivity index (χ1n) is 5.03. The second kappa shape index (κ2) is 4.72. The molecule has 1 saturated heterocycles. The molecule has 0 amide bonds. The van der Waals surface area contributed by atoms with Crippen LogP contribution in [0.5, 0.6) is 0 Å². The SMILES string of the molecule is C[N+]1(CCN)CCCN(CC(=O)O)C1. The summed E-state index contributed by atoms with van der Waals surface area (Å²) in [7, 11) is 2.14. The lowest BCUT2D eigenvalue weighted by atomic mass is 10.2. The number of hydrogen-bond donors (Lipinski definition) is 2. The lowest BCUT2D eigenvalue weighted by molar-refractivity contribution is -0.923. The van der Waals surface area contributed by atoms with Gasteiger partial charge in [0.05, 0.1) is 20.1 Å². The van der Waals surface area contributed by atoms with Gasteiger partial charge in [0, 0.05) is 19.5 Å². The quantitative estimate of drug-likeness (QED) is 0.582. The molecule has 5 nitrogen and oxygen atoms in total. The van der Waals surface area contributed by atoms with Crippen molar-refractivity contribution in [2.75, 3.05) is 46.4 Å². The van der Waals surface area contributed by atoms with Crippen LogP contribution >= 0.6 is 0 Å². The average molecular weight is 202 g/mol. The van der Waals surface area contributed by atoms with E-state index >= 15 is 0 Å². The molecule has 1 aliphatic rings. The maximum absolute atomic E-state index is 10.6. The molecule has 0 radical (unpaired) electrons. The van der Waals surface area contributed by atoms with Gasteiger partial charge in [0.25, 0.3) is 0 Å². The smallest absolute Gasteiger partial charge is 0.317 e. The molecular weight excluding hydrogens is 182 g/mol. The molecule has 0 bridgehead atoms. The normalized spacial score (nSPS) is 29.0. The van der Waals surface area contributed by atoms with Crippen molar-refractivity contribution in [2.24, 2.45) is 5.73 Å². The summed E-state index contributed by atoms with van der Waals surface area (Å²) in [4.78, 5) is 12.6. The molecule has 3 N–H and O–H groups in total. The zero-order valence-electron chi connectivity index (χ0n) is 8.78. The molecule has 1 fully saturated rings. The largest absolute Gasteiger partial charge is 0.480 e. The lowest BCUT2D eigenvalue weighted by Crippen LogP contribution is -2.58. The van der Waals surface area contributed by atoms with E-state index < -0.39 is 5.97 Å². The van der Waals surface area contributed by atoms with Crippen molar-refractivity contribution in [1.82, 2.24) is 4.90 Å². The highest BCUT2D eigenvalue weighted by Crippen LogP contribution is 2.12. The van der Waals surface area contributed by atoms with Gasteiger partial charge in [0.15, 0.2) is 0 Å². The Bertz CT molecular complexity index is 206. The molecule has 82 valence electrons. The Morgan fingerprint density at radius 3 is 2.93 bits per heavy atom.